The monoisotopic (exact) mass is 194 g/mol. The van der Waals surface area contributed by atoms with E-state index >= 15 is 0 Å². The summed E-state index contributed by atoms with van der Waals surface area (Å²) in [6, 6.07) is 3.89. The second kappa shape index (κ2) is 4.42. The average molecular weight is 194 g/mol. The average Bonchev–Trinajstić information content (AvgIpc) is 2.06. The minimum absolute atomic E-state index is 0.192. The molecule has 3 nitrogen and oxygen atoms in total. The maximum Gasteiger partial charge on any atom is 0.213 e. The molecule has 0 bridgehead atoms. The molecular formula is C11H18N2O. The fourth-order valence-electron chi connectivity index (χ4n) is 1.10. The predicted molar refractivity (Wildman–Crippen MR) is 57.4 cm³/mol. The highest BCUT2D eigenvalue weighted by Crippen LogP contribution is 2.15. The van der Waals surface area contributed by atoms with Gasteiger partial charge in [0, 0.05) is 12.3 Å². The molecule has 0 aliphatic carbocycles. The van der Waals surface area contributed by atoms with E-state index in [0.29, 0.717) is 12.4 Å². The number of ether oxygens (including phenoxy) is 1. The Morgan fingerprint density at radius 1 is 1.36 bits per heavy atom. The van der Waals surface area contributed by atoms with Gasteiger partial charge in [-0.2, -0.15) is 0 Å². The maximum atomic E-state index is 5.59. The molecule has 1 heterocycles. The second-order valence-corrected chi connectivity index (χ2v) is 4.26. The summed E-state index contributed by atoms with van der Waals surface area (Å²) in [5.41, 5.74) is 6.40. The van der Waals surface area contributed by atoms with Crippen molar-refractivity contribution in [2.24, 2.45) is 5.73 Å². The van der Waals surface area contributed by atoms with Crippen molar-refractivity contribution in [2.45, 2.75) is 32.8 Å². The van der Waals surface area contributed by atoms with Crippen molar-refractivity contribution in [1.29, 1.82) is 0 Å². The van der Waals surface area contributed by atoms with Gasteiger partial charge in [-0.25, -0.2) is 4.98 Å². The van der Waals surface area contributed by atoms with Crippen molar-refractivity contribution in [2.75, 3.05) is 6.54 Å². The first-order valence-corrected chi connectivity index (χ1v) is 4.85. The van der Waals surface area contributed by atoms with Crippen molar-refractivity contribution >= 4 is 0 Å². The summed E-state index contributed by atoms with van der Waals surface area (Å²) in [6.45, 7) is 6.66. The van der Waals surface area contributed by atoms with Crippen LogP contribution in [0.2, 0.25) is 0 Å². The van der Waals surface area contributed by atoms with Gasteiger partial charge in [-0.3, -0.25) is 0 Å². The molecular weight excluding hydrogens is 176 g/mol. The number of pyridine rings is 1. The van der Waals surface area contributed by atoms with Gasteiger partial charge in [0.25, 0.3) is 0 Å². The molecule has 0 atom stereocenters. The number of nitrogens with zero attached hydrogens (tertiary/aromatic N) is 1. The van der Waals surface area contributed by atoms with Crippen molar-refractivity contribution in [1.82, 2.24) is 4.98 Å². The van der Waals surface area contributed by atoms with Gasteiger partial charge in [0.05, 0.1) is 0 Å². The smallest absolute Gasteiger partial charge is 0.213 e. The van der Waals surface area contributed by atoms with E-state index < -0.39 is 0 Å². The first kappa shape index (κ1) is 11.0. The molecule has 0 amide bonds. The van der Waals surface area contributed by atoms with Crippen LogP contribution in [-0.4, -0.2) is 17.1 Å². The highest BCUT2D eigenvalue weighted by Gasteiger charge is 2.11. The lowest BCUT2D eigenvalue weighted by atomic mass is 10.2. The summed E-state index contributed by atoms with van der Waals surface area (Å²) in [5, 5.41) is 0. The quantitative estimate of drug-likeness (QED) is 0.797. The SMILES string of the molecule is CC(C)(C)Oc1ccc(CCN)cn1. The summed E-state index contributed by atoms with van der Waals surface area (Å²) < 4.78 is 5.59. The van der Waals surface area contributed by atoms with Crippen LogP contribution in [0.1, 0.15) is 26.3 Å². The normalized spacial score (nSPS) is 11.4. The maximum absolute atomic E-state index is 5.59. The second-order valence-electron chi connectivity index (χ2n) is 4.26. The van der Waals surface area contributed by atoms with Crippen LogP contribution in [0.25, 0.3) is 0 Å². The van der Waals surface area contributed by atoms with Crippen LogP contribution >= 0.6 is 0 Å². The van der Waals surface area contributed by atoms with Crippen molar-refractivity contribution in [3.05, 3.63) is 23.9 Å². The third-order valence-electron chi connectivity index (χ3n) is 1.64. The van der Waals surface area contributed by atoms with Crippen LogP contribution in [0.5, 0.6) is 5.88 Å². The summed E-state index contributed by atoms with van der Waals surface area (Å²) in [6.07, 6.45) is 2.68. The van der Waals surface area contributed by atoms with E-state index in [4.69, 9.17) is 10.5 Å². The summed E-state index contributed by atoms with van der Waals surface area (Å²) in [7, 11) is 0. The highest BCUT2D eigenvalue weighted by molar-refractivity contribution is 5.18. The number of nitrogens with two attached hydrogens (primary N) is 1. The first-order valence-electron chi connectivity index (χ1n) is 4.85. The summed E-state index contributed by atoms with van der Waals surface area (Å²) in [5.74, 6) is 0.665. The lowest BCUT2D eigenvalue weighted by Gasteiger charge is -2.20. The molecule has 0 unspecified atom stereocenters. The van der Waals surface area contributed by atoms with Gasteiger partial charge < -0.3 is 10.5 Å². The van der Waals surface area contributed by atoms with E-state index in [9.17, 15) is 0 Å². The lowest BCUT2D eigenvalue weighted by molar-refractivity contribution is 0.124. The zero-order valence-corrected chi connectivity index (χ0v) is 9.08. The Hall–Kier alpha value is -1.09. The van der Waals surface area contributed by atoms with Crippen LogP contribution in [0, 0.1) is 0 Å². The molecule has 1 aromatic rings. The molecule has 14 heavy (non-hydrogen) atoms. The Morgan fingerprint density at radius 3 is 2.50 bits per heavy atom. The molecule has 78 valence electrons. The number of aromatic nitrogens is 1. The van der Waals surface area contributed by atoms with Gasteiger partial charge in [0.2, 0.25) is 5.88 Å². The zero-order valence-electron chi connectivity index (χ0n) is 9.08. The molecule has 0 aliphatic heterocycles. The van der Waals surface area contributed by atoms with E-state index in [0.717, 1.165) is 12.0 Å². The Labute approximate surface area is 85.3 Å². The zero-order chi connectivity index (χ0) is 10.6. The Bertz CT molecular complexity index is 274. The molecule has 2 N–H and O–H groups in total. The molecule has 0 aliphatic rings. The molecule has 1 aromatic heterocycles. The molecule has 0 saturated heterocycles. The van der Waals surface area contributed by atoms with Gasteiger partial charge in [0.15, 0.2) is 0 Å². The minimum Gasteiger partial charge on any atom is -0.472 e. The first-order chi connectivity index (χ1) is 6.51. The molecule has 1 rings (SSSR count). The van der Waals surface area contributed by atoms with E-state index in [1.807, 2.05) is 39.1 Å². The Morgan fingerprint density at radius 2 is 2.07 bits per heavy atom. The highest BCUT2D eigenvalue weighted by atomic mass is 16.5. The molecule has 0 fully saturated rings. The van der Waals surface area contributed by atoms with Gasteiger partial charge in [-0.05, 0) is 39.3 Å². The summed E-state index contributed by atoms with van der Waals surface area (Å²) >= 11 is 0. The third-order valence-corrected chi connectivity index (χ3v) is 1.64. The standard InChI is InChI=1S/C11H18N2O/c1-11(2,3)14-10-5-4-9(6-7-12)8-13-10/h4-5,8H,6-7,12H2,1-3H3. The predicted octanol–water partition coefficient (Wildman–Crippen LogP) is 1.76. The van der Waals surface area contributed by atoms with E-state index in [1.165, 1.54) is 0 Å². The van der Waals surface area contributed by atoms with E-state index in [2.05, 4.69) is 4.98 Å². The van der Waals surface area contributed by atoms with Crippen molar-refractivity contribution in [3.8, 4) is 5.88 Å². The molecule has 0 radical (unpaired) electrons. The molecule has 0 aromatic carbocycles. The summed E-state index contributed by atoms with van der Waals surface area (Å²) in [4.78, 5) is 4.20. The van der Waals surface area contributed by atoms with Crippen LogP contribution in [0.3, 0.4) is 0 Å². The van der Waals surface area contributed by atoms with Crippen LogP contribution in [0.4, 0.5) is 0 Å². The van der Waals surface area contributed by atoms with Crippen LogP contribution in [0.15, 0.2) is 18.3 Å². The van der Waals surface area contributed by atoms with E-state index in [-0.39, 0.29) is 5.60 Å². The van der Waals surface area contributed by atoms with Crippen LogP contribution in [-0.2, 0) is 6.42 Å². The topological polar surface area (TPSA) is 48.1 Å². The third kappa shape index (κ3) is 3.75. The lowest BCUT2D eigenvalue weighted by Crippen LogP contribution is -2.23. The Kier molecular flexibility index (Phi) is 3.47. The van der Waals surface area contributed by atoms with Gasteiger partial charge in [-0.15, -0.1) is 0 Å². The molecule has 0 saturated carbocycles. The van der Waals surface area contributed by atoms with E-state index in [1.54, 1.807) is 0 Å². The Balaban J connectivity index is 2.64. The fourth-order valence-corrected chi connectivity index (χ4v) is 1.10. The van der Waals surface area contributed by atoms with Gasteiger partial charge in [-0.1, -0.05) is 6.07 Å². The van der Waals surface area contributed by atoms with Gasteiger partial charge in [0.1, 0.15) is 5.60 Å². The number of rotatable bonds is 3. The van der Waals surface area contributed by atoms with Gasteiger partial charge >= 0.3 is 0 Å². The van der Waals surface area contributed by atoms with Crippen molar-refractivity contribution in [3.63, 3.8) is 0 Å². The largest absolute Gasteiger partial charge is 0.472 e. The molecule has 3 heteroatoms. The number of hydrogen-bond acceptors (Lipinski definition) is 3. The molecule has 0 spiro atoms. The minimum atomic E-state index is -0.192. The van der Waals surface area contributed by atoms with Crippen LogP contribution < -0.4 is 10.5 Å². The van der Waals surface area contributed by atoms with Crippen molar-refractivity contribution < 1.29 is 4.74 Å². The number of hydrogen-bond donors (Lipinski definition) is 1. The fraction of sp³-hybridized carbons (Fsp3) is 0.545.